The summed E-state index contributed by atoms with van der Waals surface area (Å²) in [5, 5.41) is 12.5. The van der Waals surface area contributed by atoms with E-state index in [1.807, 2.05) is 25.1 Å². The van der Waals surface area contributed by atoms with Crippen molar-refractivity contribution in [3.8, 4) is 0 Å². The molecule has 1 aliphatic heterocycles. The molecule has 0 aromatic heterocycles. The predicted molar refractivity (Wildman–Crippen MR) is 123 cm³/mol. The van der Waals surface area contributed by atoms with Crippen LogP contribution in [0.1, 0.15) is 58.4 Å². The Hall–Kier alpha value is -2.86. The zero-order valence-corrected chi connectivity index (χ0v) is 18.1. The Morgan fingerprint density at radius 2 is 1.65 bits per heavy atom. The van der Waals surface area contributed by atoms with Crippen LogP contribution in [0, 0.1) is 6.92 Å². The second-order valence-electron chi connectivity index (χ2n) is 8.62. The average Bonchev–Trinajstić information content (AvgIpc) is 2.80. The Bertz CT molecular complexity index is 945. The molecule has 1 aliphatic carbocycles. The van der Waals surface area contributed by atoms with E-state index in [0.717, 1.165) is 37.4 Å². The number of carboxylic acid groups (broad SMARTS) is 1. The monoisotopic (exact) mass is 421 g/mol. The number of carboxylic acids is 1. The fourth-order valence-corrected chi connectivity index (χ4v) is 4.82. The lowest BCUT2D eigenvalue weighted by molar-refractivity contribution is 0.0698. The van der Waals surface area contributed by atoms with Crippen LogP contribution in [0.5, 0.6) is 0 Å². The number of hydrogen-bond donors (Lipinski definition) is 2. The van der Waals surface area contributed by atoms with Gasteiger partial charge in [0.1, 0.15) is 0 Å². The fourth-order valence-electron chi connectivity index (χ4n) is 4.82. The average molecular weight is 422 g/mol. The minimum Gasteiger partial charge on any atom is -0.478 e. The van der Waals surface area contributed by atoms with Crippen LogP contribution in [0.25, 0.3) is 0 Å². The van der Waals surface area contributed by atoms with Gasteiger partial charge in [0.25, 0.3) is 5.91 Å². The maximum Gasteiger partial charge on any atom is 0.337 e. The zero-order valence-electron chi connectivity index (χ0n) is 18.1. The molecule has 2 aromatic rings. The number of nitrogens with zero attached hydrogens (tertiary/aromatic N) is 2. The molecule has 2 aliphatic rings. The molecule has 0 spiro atoms. The van der Waals surface area contributed by atoms with E-state index in [1.54, 1.807) is 24.3 Å². The number of rotatable bonds is 5. The number of aromatic carboxylic acids is 1. The van der Waals surface area contributed by atoms with Crippen molar-refractivity contribution in [1.29, 1.82) is 0 Å². The van der Waals surface area contributed by atoms with E-state index in [4.69, 9.17) is 0 Å². The SMILES string of the molecule is Cc1ccccc1C(=O)Nc1ccc(N2CCN(C3CCCCC3)CC2)cc1C(=O)O. The third-order valence-electron chi connectivity index (χ3n) is 6.64. The molecule has 0 atom stereocenters. The number of nitrogens with one attached hydrogen (secondary N) is 1. The van der Waals surface area contributed by atoms with Crippen LogP contribution < -0.4 is 10.2 Å². The Balaban J connectivity index is 1.46. The first kappa shape index (κ1) is 21.4. The molecule has 6 heteroatoms. The predicted octanol–water partition coefficient (Wildman–Crippen LogP) is 4.40. The van der Waals surface area contributed by atoms with Crippen molar-refractivity contribution in [2.24, 2.45) is 0 Å². The standard InChI is InChI=1S/C25H31N3O3/c1-18-7-5-6-10-21(18)24(29)26-23-12-11-20(17-22(23)25(30)31)28-15-13-27(14-16-28)19-8-3-2-4-9-19/h5-7,10-12,17,19H,2-4,8-9,13-16H2,1H3,(H,26,29)(H,30,31). The molecule has 1 saturated heterocycles. The Morgan fingerprint density at radius 3 is 2.32 bits per heavy atom. The van der Waals surface area contributed by atoms with Gasteiger partial charge in [-0.1, -0.05) is 37.5 Å². The van der Waals surface area contributed by atoms with Gasteiger partial charge in [-0.05, 0) is 49.6 Å². The quantitative estimate of drug-likeness (QED) is 0.749. The lowest BCUT2D eigenvalue weighted by atomic mass is 9.94. The Morgan fingerprint density at radius 1 is 0.935 bits per heavy atom. The second kappa shape index (κ2) is 9.52. The maximum atomic E-state index is 12.7. The van der Waals surface area contributed by atoms with Crippen LogP contribution in [0.3, 0.4) is 0 Å². The van der Waals surface area contributed by atoms with Crippen molar-refractivity contribution in [3.05, 3.63) is 59.2 Å². The molecular formula is C25H31N3O3. The maximum absolute atomic E-state index is 12.7. The van der Waals surface area contributed by atoms with Gasteiger partial charge in [0.05, 0.1) is 11.3 Å². The normalized spacial score (nSPS) is 18.0. The molecule has 2 N–H and O–H groups in total. The van der Waals surface area contributed by atoms with Gasteiger partial charge in [0.15, 0.2) is 0 Å². The van der Waals surface area contributed by atoms with E-state index in [2.05, 4.69) is 15.1 Å². The van der Waals surface area contributed by atoms with Gasteiger partial charge in [-0.2, -0.15) is 0 Å². The summed E-state index contributed by atoms with van der Waals surface area (Å²) in [6, 6.07) is 13.3. The highest BCUT2D eigenvalue weighted by Crippen LogP contribution is 2.28. The number of carbonyl (C=O) groups is 2. The minimum absolute atomic E-state index is 0.120. The molecule has 164 valence electrons. The first-order valence-corrected chi connectivity index (χ1v) is 11.3. The van der Waals surface area contributed by atoms with E-state index >= 15 is 0 Å². The van der Waals surface area contributed by atoms with Crippen molar-refractivity contribution in [1.82, 2.24) is 4.90 Å². The Labute approximate surface area is 183 Å². The van der Waals surface area contributed by atoms with Crippen LogP contribution in [0.4, 0.5) is 11.4 Å². The van der Waals surface area contributed by atoms with Gasteiger partial charge in [0, 0.05) is 43.5 Å². The van der Waals surface area contributed by atoms with Gasteiger partial charge in [-0.25, -0.2) is 4.79 Å². The molecule has 2 fully saturated rings. The van der Waals surface area contributed by atoms with Crippen molar-refractivity contribution < 1.29 is 14.7 Å². The van der Waals surface area contributed by atoms with Gasteiger partial charge in [-0.3, -0.25) is 9.69 Å². The number of amides is 1. The van der Waals surface area contributed by atoms with Gasteiger partial charge < -0.3 is 15.3 Å². The molecule has 0 radical (unpaired) electrons. The van der Waals surface area contributed by atoms with Gasteiger partial charge in [-0.15, -0.1) is 0 Å². The van der Waals surface area contributed by atoms with E-state index in [9.17, 15) is 14.7 Å². The molecule has 1 amide bonds. The number of piperazine rings is 1. The first-order chi connectivity index (χ1) is 15.0. The molecule has 0 unspecified atom stereocenters. The van der Waals surface area contributed by atoms with E-state index in [0.29, 0.717) is 17.3 Å². The van der Waals surface area contributed by atoms with Gasteiger partial charge in [0.2, 0.25) is 0 Å². The summed E-state index contributed by atoms with van der Waals surface area (Å²) >= 11 is 0. The smallest absolute Gasteiger partial charge is 0.337 e. The molecule has 6 nitrogen and oxygen atoms in total. The highest BCUT2D eigenvalue weighted by Gasteiger charge is 2.26. The summed E-state index contributed by atoms with van der Waals surface area (Å²) in [6.07, 6.45) is 6.64. The zero-order chi connectivity index (χ0) is 21.8. The van der Waals surface area contributed by atoms with Crippen LogP contribution >= 0.6 is 0 Å². The summed E-state index contributed by atoms with van der Waals surface area (Å²) in [5.41, 5.74) is 2.74. The molecule has 1 heterocycles. The van der Waals surface area contributed by atoms with Crippen molar-refractivity contribution >= 4 is 23.3 Å². The molecular weight excluding hydrogens is 390 g/mol. The summed E-state index contributed by atoms with van der Waals surface area (Å²) in [4.78, 5) is 29.4. The lowest BCUT2D eigenvalue weighted by Gasteiger charge is -2.41. The van der Waals surface area contributed by atoms with Crippen LogP contribution in [0.15, 0.2) is 42.5 Å². The fraction of sp³-hybridized carbons (Fsp3) is 0.440. The summed E-state index contributed by atoms with van der Waals surface area (Å²) in [6.45, 7) is 5.68. The third-order valence-corrected chi connectivity index (χ3v) is 6.64. The third kappa shape index (κ3) is 4.90. The lowest BCUT2D eigenvalue weighted by Crippen LogP contribution is -2.50. The number of aryl methyl sites for hydroxylation is 1. The largest absolute Gasteiger partial charge is 0.478 e. The Kier molecular flexibility index (Phi) is 6.56. The topological polar surface area (TPSA) is 72.9 Å². The summed E-state index contributed by atoms with van der Waals surface area (Å²) in [5.74, 6) is -1.34. The highest BCUT2D eigenvalue weighted by atomic mass is 16.4. The molecule has 2 aromatic carbocycles. The molecule has 0 bridgehead atoms. The second-order valence-corrected chi connectivity index (χ2v) is 8.62. The van der Waals surface area contributed by atoms with Crippen LogP contribution in [-0.2, 0) is 0 Å². The van der Waals surface area contributed by atoms with Crippen molar-refractivity contribution in [2.75, 3.05) is 36.4 Å². The number of anilines is 2. The van der Waals surface area contributed by atoms with Crippen molar-refractivity contribution in [3.63, 3.8) is 0 Å². The number of hydrogen-bond acceptors (Lipinski definition) is 4. The summed E-state index contributed by atoms with van der Waals surface area (Å²) in [7, 11) is 0. The highest BCUT2D eigenvalue weighted by molar-refractivity contribution is 6.08. The number of carbonyl (C=O) groups excluding carboxylic acids is 1. The van der Waals surface area contributed by atoms with E-state index < -0.39 is 5.97 Å². The van der Waals surface area contributed by atoms with E-state index in [1.165, 1.54) is 32.1 Å². The summed E-state index contributed by atoms with van der Waals surface area (Å²) < 4.78 is 0. The van der Waals surface area contributed by atoms with Crippen LogP contribution in [0.2, 0.25) is 0 Å². The number of benzene rings is 2. The van der Waals surface area contributed by atoms with Gasteiger partial charge >= 0.3 is 5.97 Å². The minimum atomic E-state index is -1.04. The molecule has 4 rings (SSSR count). The first-order valence-electron chi connectivity index (χ1n) is 11.3. The van der Waals surface area contributed by atoms with Crippen molar-refractivity contribution in [2.45, 2.75) is 45.1 Å². The molecule has 31 heavy (non-hydrogen) atoms. The van der Waals surface area contributed by atoms with E-state index in [-0.39, 0.29) is 11.5 Å². The van der Waals surface area contributed by atoms with Crippen LogP contribution in [-0.4, -0.2) is 54.1 Å². The molecule has 1 saturated carbocycles.